The van der Waals surface area contributed by atoms with E-state index in [4.69, 9.17) is 23.2 Å². The largest absolute Gasteiger partial charge is 0.337 e. The van der Waals surface area contributed by atoms with E-state index in [2.05, 4.69) is 71.4 Å². The van der Waals surface area contributed by atoms with Gasteiger partial charge in [0.2, 0.25) is 0 Å². The number of aryl methyl sites for hydroxylation is 1. The van der Waals surface area contributed by atoms with Gasteiger partial charge in [-0.15, -0.1) is 0 Å². The zero-order valence-electron chi connectivity index (χ0n) is 18.7. The average molecular weight is 482 g/mol. The van der Waals surface area contributed by atoms with Crippen molar-refractivity contribution >= 4 is 34.9 Å². The Kier molecular flexibility index (Phi) is 7.92. The number of urea groups is 1. The smallest absolute Gasteiger partial charge is 0.319 e. The number of carbonyl (C=O) groups excluding carboxylic acids is 1. The highest BCUT2D eigenvalue weighted by atomic mass is 35.5. The lowest BCUT2D eigenvalue weighted by Crippen LogP contribution is -2.33. The molecule has 0 heterocycles. The Morgan fingerprint density at radius 2 is 1.70 bits per heavy atom. The predicted octanol–water partition coefficient (Wildman–Crippen LogP) is 7.02. The fourth-order valence-electron chi connectivity index (χ4n) is 3.93. The number of benzene rings is 3. The van der Waals surface area contributed by atoms with Gasteiger partial charge < -0.3 is 16.0 Å². The summed E-state index contributed by atoms with van der Waals surface area (Å²) in [5.41, 5.74) is 5.44. The van der Waals surface area contributed by atoms with Gasteiger partial charge in [-0.2, -0.15) is 0 Å². The van der Waals surface area contributed by atoms with E-state index in [1.165, 1.54) is 35.1 Å². The molecule has 1 aliphatic carbocycles. The number of nitrogens with one attached hydrogen (secondary N) is 3. The van der Waals surface area contributed by atoms with Crippen LogP contribution in [-0.2, 0) is 0 Å². The molecule has 172 valence electrons. The Morgan fingerprint density at radius 3 is 2.36 bits per heavy atom. The first-order valence-corrected chi connectivity index (χ1v) is 12.1. The van der Waals surface area contributed by atoms with E-state index in [9.17, 15) is 4.79 Å². The quantitative estimate of drug-likeness (QED) is 0.307. The number of hydrogen-bond acceptors (Lipinski definition) is 2. The summed E-state index contributed by atoms with van der Waals surface area (Å²) >= 11 is 12.1. The first kappa shape index (κ1) is 23.6. The van der Waals surface area contributed by atoms with E-state index in [0.29, 0.717) is 28.3 Å². The Balaban J connectivity index is 1.41. The van der Waals surface area contributed by atoms with E-state index in [1.54, 1.807) is 18.2 Å². The third-order valence-corrected chi connectivity index (χ3v) is 6.30. The second kappa shape index (κ2) is 11.1. The lowest BCUT2D eigenvalue weighted by Gasteiger charge is -2.19. The first-order valence-electron chi connectivity index (χ1n) is 11.4. The predicted molar refractivity (Wildman–Crippen MR) is 138 cm³/mol. The van der Waals surface area contributed by atoms with E-state index in [0.717, 1.165) is 13.0 Å². The van der Waals surface area contributed by atoms with Crippen LogP contribution in [0.1, 0.15) is 36.3 Å². The van der Waals surface area contributed by atoms with Crippen molar-refractivity contribution in [1.82, 2.24) is 10.6 Å². The van der Waals surface area contributed by atoms with Gasteiger partial charge in [0.15, 0.2) is 0 Å². The SMILES string of the molecule is Cc1cccc(-c2ccc(C(CCNC3CC3)CNC(=O)Nc3cc(Cl)cc(Cl)c3)cc2)c1. The fourth-order valence-corrected chi connectivity index (χ4v) is 4.45. The van der Waals surface area contributed by atoms with Crippen molar-refractivity contribution in [3.05, 3.63) is 87.9 Å². The maximum atomic E-state index is 12.5. The summed E-state index contributed by atoms with van der Waals surface area (Å²) in [6, 6.07) is 22.6. The molecule has 0 aliphatic heterocycles. The molecular weight excluding hydrogens is 453 g/mol. The van der Waals surface area contributed by atoms with Gasteiger partial charge in [-0.1, -0.05) is 77.3 Å². The van der Waals surface area contributed by atoms with Gasteiger partial charge in [-0.05, 0) is 67.6 Å². The molecule has 0 radical (unpaired) electrons. The van der Waals surface area contributed by atoms with Crippen LogP contribution < -0.4 is 16.0 Å². The Morgan fingerprint density at radius 1 is 0.970 bits per heavy atom. The highest BCUT2D eigenvalue weighted by Gasteiger charge is 2.21. The first-order chi connectivity index (χ1) is 16.0. The summed E-state index contributed by atoms with van der Waals surface area (Å²) in [7, 11) is 0. The van der Waals surface area contributed by atoms with Gasteiger partial charge in [0, 0.05) is 34.2 Å². The lowest BCUT2D eigenvalue weighted by molar-refractivity contribution is 0.251. The maximum absolute atomic E-state index is 12.5. The molecule has 3 N–H and O–H groups in total. The fraction of sp³-hybridized carbons (Fsp3) is 0.296. The van der Waals surface area contributed by atoms with Crippen molar-refractivity contribution in [2.24, 2.45) is 0 Å². The van der Waals surface area contributed by atoms with Crippen molar-refractivity contribution in [3.63, 3.8) is 0 Å². The van der Waals surface area contributed by atoms with Crippen molar-refractivity contribution < 1.29 is 4.79 Å². The molecule has 4 nitrogen and oxygen atoms in total. The van der Waals surface area contributed by atoms with E-state index in [1.807, 2.05) is 0 Å². The molecular formula is C27H29Cl2N3O. The van der Waals surface area contributed by atoms with Crippen LogP contribution in [0.25, 0.3) is 11.1 Å². The van der Waals surface area contributed by atoms with Gasteiger partial charge in [0.05, 0.1) is 0 Å². The van der Waals surface area contributed by atoms with Crippen molar-refractivity contribution in [1.29, 1.82) is 0 Å². The molecule has 3 aromatic carbocycles. The molecule has 0 saturated heterocycles. The normalized spacial score (nSPS) is 14.0. The number of halogens is 2. The van der Waals surface area contributed by atoms with Gasteiger partial charge in [-0.25, -0.2) is 4.79 Å². The van der Waals surface area contributed by atoms with Crippen LogP contribution in [0.5, 0.6) is 0 Å². The number of rotatable bonds is 9. The van der Waals surface area contributed by atoms with E-state index < -0.39 is 0 Å². The molecule has 0 spiro atoms. The lowest BCUT2D eigenvalue weighted by atomic mass is 9.93. The van der Waals surface area contributed by atoms with Crippen LogP contribution in [0, 0.1) is 6.92 Å². The Labute approximate surface area is 205 Å². The minimum Gasteiger partial charge on any atom is -0.337 e. The zero-order chi connectivity index (χ0) is 23.2. The zero-order valence-corrected chi connectivity index (χ0v) is 20.2. The molecule has 0 aromatic heterocycles. The van der Waals surface area contributed by atoms with Gasteiger partial charge >= 0.3 is 6.03 Å². The monoisotopic (exact) mass is 481 g/mol. The van der Waals surface area contributed by atoms with Crippen LogP contribution >= 0.6 is 23.2 Å². The summed E-state index contributed by atoms with van der Waals surface area (Å²) in [6.45, 7) is 3.58. The maximum Gasteiger partial charge on any atom is 0.319 e. The molecule has 33 heavy (non-hydrogen) atoms. The molecule has 6 heteroatoms. The van der Waals surface area contributed by atoms with Crippen molar-refractivity contribution in [3.8, 4) is 11.1 Å². The molecule has 1 atom stereocenters. The molecule has 3 aromatic rings. The minimum atomic E-state index is -0.273. The standard InChI is InChI=1S/C27H29Cl2N3O/c1-18-3-2-4-21(13-18)19-5-7-20(8-6-19)22(11-12-30-25-9-10-25)17-31-27(33)32-26-15-23(28)14-24(29)16-26/h2-8,13-16,22,25,30H,9-12,17H2,1H3,(H2,31,32,33). The topological polar surface area (TPSA) is 53.2 Å². The second-order valence-corrected chi connectivity index (χ2v) is 9.57. The summed E-state index contributed by atoms with van der Waals surface area (Å²) in [5.74, 6) is 0.205. The van der Waals surface area contributed by atoms with Crippen molar-refractivity contribution in [2.45, 2.75) is 38.1 Å². The van der Waals surface area contributed by atoms with E-state index >= 15 is 0 Å². The van der Waals surface area contributed by atoms with Crippen LogP contribution in [0.3, 0.4) is 0 Å². The highest BCUT2D eigenvalue weighted by molar-refractivity contribution is 6.35. The molecule has 2 amide bonds. The second-order valence-electron chi connectivity index (χ2n) is 8.70. The molecule has 1 fully saturated rings. The van der Waals surface area contributed by atoms with Gasteiger partial charge in [0.25, 0.3) is 0 Å². The Hall–Kier alpha value is -2.53. The van der Waals surface area contributed by atoms with Gasteiger partial charge in [-0.3, -0.25) is 0 Å². The average Bonchev–Trinajstić information content (AvgIpc) is 3.60. The van der Waals surface area contributed by atoms with Crippen LogP contribution in [0.15, 0.2) is 66.7 Å². The number of anilines is 1. The van der Waals surface area contributed by atoms with Gasteiger partial charge in [0.1, 0.15) is 0 Å². The third kappa shape index (κ3) is 7.23. The molecule has 0 bridgehead atoms. The third-order valence-electron chi connectivity index (χ3n) is 5.87. The van der Waals surface area contributed by atoms with Crippen LogP contribution in [-0.4, -0.2) is 25.2 Å². The summed E-state index contributed by atoms with van der Waals surface area (Å²) < 4.78 is 0. The van der Waals surface area contributed by atoms with Crippen molar-refractivity contribution in [2.75, 3.05) is 18.4 Å². The Bertz CT molecular complexity index is 1080. The van der Waals surface area contributed by atoms with Crippen LogP contribution in [0.4, 0.5) is 10.5 Å². The number of amides is 2. The molecule has 4 rings (SSSR count). The molecule has 1 unspecified atom stereocenters. The van der Waals surface area contributed by atoms with E-state index in [-0.39, 0.29) is 11.9 Å². The summed E-state index contributed by atoms with van der Waals surface area (Å²) in [6.07, 6.45) is 3.47. The number of hydrogen-bond donors (Lipinski definition) is 3. The minimum absolute atomic E-state index is 0.205. The summed E-state index contributed by atoms with van der Waals surface area (Å²) in [5, 5.41) is 10.4. The molecule has 1 saturated carbocycles. The number of carbonyl (C=O) groups is 1. The summed E-state index contributed by atoms with van der Waals surface area (Å²) in [4.78, 5) is 12.5. The molecule has 1 aliphatic rings. The van der Waals surface area contributed by atoms with Crippen LogP contribution in [0.2, 0.25) is 10.0 Å². The highest BCUT2D eigenvalue weighted by Crippen LogP contribution is 2.26.